The van der Waals surface area contributed by atoms with Crippen molar-refractivity contribution in [2.45, 2.75) is 18.3 Å². The molecule has 1 aromatic carbocycles. The summed E-state index contributed by atoms with van der Waals surface area (Å²) in [5.41, 5.74) is 4.64. The van der Waals surface area contributed by atoms with Gasteiger partial charge in [0.25, 0.3) is 0 Å². The Hall–Kier alpha value is -3.68. The summed E-state index contributed by atoms with van der Waals surface area (Å²) in [6.45, 7) is 0. The summed E-state index contributed by atoms with van der Waals surface area (Å²) in [6.07, 6.45) is 6.31. The van der Waals surface area contributed by atoms with Gasteiger partial charge in [-0.2, -0.15) is 10.1 Å². The highest BCUT2D eigenvalue weighted by molar-refractivity contribution is 5.68. The smallest absolute Gasteiger partial charge is 0.319 e. The molecule has 152 valence electrons. The molecule has 3 heterocycles. The van der Waals surface area contributed by atoms with Gasteiger partial charge in [-0.15, -0.1) is 0 Å². The zero-order valence-corrected chi connectivity index (χ0v) is 16.9. The van der Waals surface area contributed by atoms with E-state index in [1.807, 2.05) is 18.3 Å². The number of para-hydroxylation sites is 1. The number of rotatable bonds is 6. The number of hydrogen-bond acceptors (Lipinski definition) is 7. The predicted octanol–water partition coefficient (Wildman–Crippen LogP) is 3.48. The van der Waals surface area contributed by atoms with E-state index in [9.17, 15) is 0 Å². The van der Waals surface area contributed by atoms with Crippen molar-refractivity contribution in [2.24, 2.45) is 0 Å². The van der Waals surface area contributed by atoms with Crippen LogP contribution in [0.2, 0.25) is 0 Å². The van der Waals surface area contributed by atoms with E-state index in [4.69, 9.17) is 19.3 Å². The molecule has 8 nitrogen and oxygen atoms in total. The van der Waals surface area contributed by atoms with Crippen molar-refractivity contribution in [2.75, 3.05) is 21.3 Å². The summed E-state index contributed by atoms with van der Waals surface area (Å²) in [7, 11) is 4.80. The van der Waals surface area contributed by atoms with Gasteiger partial charge in [-0.25, -0.2) is 14.5 Å². The van der Waals surface area contributed by atoms with Crippen molar-refractivity contribution in [3.63, 3.8) is 0 Å². The second-order valence-corrected chi connectivity index (χ2v) is 7.15. The van der Waals surface area contributed by atoms with Gasteiger partial charge in [0, 0.05) is 24.2 Å². The maximum Gasteiger partial charge on any atom is 0.319 e. The van der Waals surface area contributed by atoms with E-state index >= 15 is 0 Å². The lowest BCUT2D eigenvalue weighted by Crippen LogP contribution is -2.02. The van der Waals surface area contributed by atoms with Gasteiger partial charge in [0.15, 0.2) is 5.65 Å². The Labute approximate surface area is 173 Å². The average molecular weight is 403 g/mol. The van der Waals surface area contributed by atoms with E-state index in [-0.39, 0.29) is 6.01 Å². The second-order valence-electron chi connectivity index (χ2n) is 7.15. The first-order valence-corrected chi connectivity index (χ1v) is 9.66. The number of fused-ring (bicyclic) bond motifs is 1. The van der Waals surface area contributed by atoms with Crippen LogP contribution >= 0.6 is 0 Å². The van der Waals surface area contributed by atoms with E-state index in [2.05, 4.69) is 33.2 Å². The van der Waals surface area contributed by atoms with Gasteiger partial charge in [-0.1, -0.05) is 18.2 Å². The van der Waals surface area contributed by atoms with Crippen LogP contribution in [0.15, 0.2) is 48.9 Å². The van der Waals surface area contributed by atoms with Gasteiger partial charge in [0.2, 0.25) is 5.88 Å². The van der Waals surface area contributed by atoms with Crippen LogP contribution in [0.25, 0.3) is 16.9 Å². The molecule has 1 saturated carbocycles. The van der Waals surface area contributed by atoms with Crippen LogP contribution in [0.1, 0.15) is 29.4 Å². The third-order valence-electron chi connectivity index (χ3n) is 5.50. The van der Waals surface area contributed by atoms with E-state index < -0.39 is 0 Å². The van der Waals surface area contributed by atoms with Crippen molar-refractivity contribution < 1.29 is 14.2 Å². The third kappa shape index (κ3) is 3.01. The summed E-state index contributed by atoms with van der Waals surface area (Å²) >= 11 is 0. The monoisotopic (exact) mass is 403 g/mol. The molecular weight excluding hydrogens is 382 g/mol. The fourth-order valence-electron chi connectivity index (χ4n) is 3.98. The molecule has 0 saturated heterocycles. The molecule has 0 aliphatic heterocycles. The van der Waals surface area contributed by atoms with E-state index in [1.165, 1.54) is 12.7 Å². The maximum atomic E-state index is 5.57. The zero-order valence-electron chi connectivity index (χ0n) is 16.9. The summed E-state index contributed by atoms with van der Waals surface area (Å²) in [6, 6.07) is 10.5. The van der Waals surface area contributed by atoms with Crippen LogP contribution in [-0.4, -0.2) is 45.9 Å². The molecule has 1 fully saturated rings. The van der Waals surface area contributed by atoms with Crippen LogP contribution < -0.4 is 14.2 Å². The van der Waals surface area contributed by atoms with Crippen molar-refractivity contribution in [3.05, 3.63) is 60.0 Å². The summed E-state index contributed by atoms with van der Waals surface area (Å²) in [4.78, 5) is 13.1. The Balaban J connectivity index is 1.59. The lowest BCUT2D eigenvalue weighted by Gasteiger charge is -2.11. The molecule has 4 aromatic rings. The normalized spacial score (nSPS) is 17.7. The summed E-state index contributed by atoms with van der Waals surface area (Å²) < 4.78 is 17.9. The Morgan fingerprint density at radius 2 is 1.80 bits per heavy atom. The lowest BCUT2D eigenvalue weighted by molar-refractivity contribution is 0.353. The number of imidazole rings is 1. The largest absolute Gasteiger partial charge is 0.496 e. The highest BCUT2D eigenvalue weighted by Crippen LogP contribution is 2.57. The minimum absolute atomic E-state index is 0.248. The summed E-state index contributed by atoms with van der Waals surface area (Å²) in [5, 5.41) is 4.70. The molecule has 5 rings (SSSR count). The zero-order chi connectivity index (χ0) is 20.7. The molecule has 30 heavy (non-hydrogen) atoms. The number of ether oxygens (including phenoxy) is 3. The van der Waals surface area contributed by atoms with Gasteiger partial charge >= 0.3 is 6.01 Å². The number of benzene rings is 1. The van der Waals surface area contributed by atoms with Gasteiger partial charge in [0.05, 0.1) is 32.6 Å². The maximum absolute atomic E-state index is 5.57. The van der Waals surface area contributed by atoms with E-state index in [0.29, 0.717) is 23.3 Å². The van der Waals surface area contributed by atoms with E-state index in [0.717, 1.165) is 29.1 Å². The first-order chi connectivity index (χ1) is 14.7. The van der Waals surface area contributed by atoms with Crippen molar-refractivity contribution in [3.8, 4) is 28.9 Å². The van der Waals surface area contributed by atoms with Crippen LogP contribution in [-0.2, 0) is 0 Å². The molecule has 0 N–H and O–H groups in total. The quantitative estimate of drug-likeness (QED) is 0.487. The number of methoxy groups -OCH3 is 3. The van der Waals surface area contributed by atoms with Crippen molar-refractivity contribution >= 4 is 5.65 Å². The molecule has 0 spiro atoms. The Bertz CT molecular complexity index is 1220. The second kappa shape index (κ2) is 7.29. The van der Waals surface area contributed by atoms with Crippen molar-refractivity contribution in [1.82, 2.24) is 24.6 Å². The lowest BCUT2D eigenvalue weighted by atomic mass is 10.0. The fraction of sp³-hybridized carbons (Fsp3) is 0.273. The molecule has 3 aromatic heterocycles. The van der Waals surface area contributed by atoms with Gasteiger partial charge in [-0.3, -0.25) is 0 Å². The first-order valence-electron chi connectivity index (χ1n) is 9.66. The minimum atomic E-state index is 0.248. The standard InChI is InChI=1S/C22H21N5O3/c1-28-19-7-5-4-6-13(19)14-10-15(14)16-11-18(26-27-9-8-23-20(16)27)17-12-24-22(30-3)25-21(17)29-2/h4-9,11-12,14-15H,10H2,1-3H3/t14?,15-/m0/s1. The molecule has 8 heteroatoms. The van der Waals surface area contributed by atoms with Crippen LogP contribution in [0.3, 0.4) is 0 Å². The first kappa shape index (κ1) is 18.4. The molecule has 2 atom stereocenters. The van der Waals surface area contributed by atoms with Crippen LogP contribution in [0.5, 0.6) is 17.6 Å². The number of nitrogens with zero attached hydrogens (tertiary/aromatic N) is 5. The molecule has 0 radical (unpaired) electrons. The number of hydrogen-bond donors (Lipinski definition) is 0. The van der Waals surface area contributed by atoms with Gasteiger partial charge < -0.3 is 14.2 Å². The predicted molar refractivity (Wildman–Crippen MR) is 110 cm³/mol. The SMILES string of the molecule is COc1ncc(-c2cc([C@H]3CC3c3ccccc3OC)c3nccn3n2)c(OC)n1. The highest BCUT2D eigenvalue weighted by atomic mass is 16.5. The fourth-order valence-corrected chi connectivity index (χ4v) is 3.98. The van der Waals surface area contributed by atoms with E-state index in [1.54, 1.807) is 31.1 Å². The minimum Gasteiger partial charge on any atom is -0.496 e. The Kier molecular flexibility index (Phi) is 4.46. The average Bonchev–Trinajstić information content (AvgIpc) is 3.45. The van der Waals surface area contributed by atoms with Crippen LogP contribution in [0, 0.1) is 0 Å². The molecule has 0 amide bonds. The molecule has 0 bridgehead atoms. The topological polar surface area (TPSA) is 83.7 Å². The van der Waals surface area contributed by atoms with Crippen LogP contribution in [0.4, 0.5) is 0 Å². The molecule has 1 aliphatic rings. The molecule has 1 aliphatic carbocycles. The van der Waals surface area contributed by atoms with Gasteiger partial charge in [0.1, 0.15) is 5.75 Å². The molecule has 1 unspecified atom stereocenters. The van der Waals surface area contributed by atoms with Crippen molar-refractivity contribution in [1.29, 1.82) is 0 Å². The summed E-state index contributed by atoms with van der Waals surface area (Å²) in [5.74, 6) is 2.05. The Morgan fingerprint density at radius 3 is 2.60 bits per heavy atom. The third-order valence-corrected chi connectivity index (χ3v) is 5.50. The van der Waals surface area contributed by atoms with Gasteiger partial charge in [-0.05, 0) is 36.0 Å². The molecular formula is C22H21N5O3. The Morgan fingerprint density at radius 1 is 0.967 bits per heavy atom. The number of aromatic nitrogens is 5. The highest BCUT2D eigenvalue weighted by Gasteiger charge is 2.42.